The fourth-order valence-corrected chi connectivity index (χ4v) is 6.07. The lowest BCUT2D eigenvalue weighted by Gasteiger charge is -2.39. The fraction of sp³-hybridized carbons (Fsp3) is 0.571. The Morgan fingerprint density at radius 1 is 0.703 bits per heavy atom. The monoisotopic (exact) mass is 500 g/mol. The van der Waals surface area contributed by atoms with Crippen LogP contribution in [0.1, 0.15) is 127 Å². The second-order valence-corrected chi connectivity index (χ2v) is 11.3. The van der Waals surface area contributed by atoms with E-state index >= 15 is 0 Å². The van der Waals surface area contributed by atoms with Gasteiger partial charge in [0.1, 0.15) is 5.82 Å². The number of aromatic nitrogens is 2. The van der Waals surface area contributed by atoms with Crippen LogP contribution in [0.15, 0.2) is 73.1 Å². The molecule has 2 atom stereocenters. The lowest BCUT2D eigenvalue weighted by atomic mass is 9.66. The van der Waals surface area contributed by atoms with Gasteiger partial charge in [0.2, 0.25) is 0 Å². The first-order chi connectivity index (χ1) is 18.2. The number of unbranched alkanes of at least 4 members (excludes halogenated alkanes) is 10. The third-order valence-electron chi connectivity index (χ3n) is 8.24. The summed E-state index contributed by atoms with van der Waals surface area (Å²) in [5.41, 5.74) is 2.82. The molecule has 0 aliphatic rings. The highest BCUT2D eigenvalue weighted by molar-refractivity contribution is 5.33. The number of hydrogen-bond donors (Lipinski definition) is 0. The first-order valence-electron chi connectivity index (χ1n) is 15.3. The SMILES string of the molecule is CCCCCCCCCCCCCC(c1nccn1CCC)C(C)(Cc1ccccc1)c1ccccc1. The molecular weight excluding hydrogens is 448 g/mol. The van der Waals surface area contributed by atoms with Crippen LogP contribution >= 0.6 is 0 Å². The summed E-state index contributed by atoms with van der Waals surface area (Å²) in [7, 11) is 0. The maximum atomic E-state index is 5.00. The van der Waals surface area contributed by atoms with Gasteiger partial charge in [-0.25, -0.2) is 4.98 Å². The van der Waals surface area contributed by atoms with Crippen molar-refractivity contribution >= 4 is 0 Å². The maximum absolute atomic E-state index is 5.00. The van der Waals surface area contributed by atoms with Crippen molar-refractivity contribution in [3.05, 3.63) is 90.0 Å². The van der Waals surface area contributed by atoms with Crippen molar-refractivity contribution in [2.24, 2.45) is 0 Å². The van der Waals surface area contributed by atoms with E-state index in [1.165, 1.54) is 94.0 Å². The molecule has 0 fully saturated rings. The van der Waals surface area contributed by atoms with Gasteiger partial charge >= 0.3 is 0 Å². The number of imidazole rings is 1. The molecular formula is C35H52N2. The molecule has 3 aromatic rings. The molecule has 2 nitrogen and oxygen atoms in total. The lowest BCUT2D eigenvalue weighted by molar-refractivity contribution is 0.322. The van der Waals surface area contributed by atoms with Gasteiger partial charge in [-0.3, -0.25) is 0 Å². The van der Waals surface area contributed by atoms with E-state index in [-0.39, 0.29) is 5.41 Å². The Hall–Kier alpha value is -2.35. The predicted molar refractivity (Wildman–Crippen MR) is 160 cm³/mol. The molecule has 202 valence electrons. The standard InChI is InChI=1S/C35H52N2/c1-4-6-7-8-9-10-11-12-13-14-21-26-33(34-36-27-29-37(34)28-5-2)35(3,32-24-19-16-20-25-32)30-31-22-17-15-18-23-31/h15-20,22-25,27,29,33H,4-14,21,26,28,30H2,1-3H3. The van der Waals surface area contributed by atoms with Crippen LogP contribution in [0.2, 0.25) is 0 Å². The molecule has 2 aromatic carbocycles. The second kappa shape index (κ2) is 16.5. The summed E-state index contributed by atoms with van der Waals surface area (Å²) >= 11 is 0. The normalized spacial score (nSPS) is 13.9. The highest BCUT2D eigenvalue weighted by Crippen LogP contribution is 2.44. The molecule has 0 radical (unpaired) electrons. The average Bonchev–Trinajstić information content (AvgIpc) is 3.38. The van der Waals surface area contributed by atoms with E-state index in [0.717, 1.165) is 19.4 Å². The van der Waals surface area contributed by atoms with Gasteiger partial charge in [0.05, 0.1) is 0 Å². The Balaban J connectivity index is 1.70. The molecule has 2 unspecified atom stereocenters. The maximum Gasteiger partial charge on any atom is 0.112 e. The molecule has 0 spiro atoms. The van der Waals surface area contributed by atoms with Crippen molar-refractivity contribution in [2.75, 3.05) is 0 Å². The zero-order chi connectivity index (χ0) is 26.2. The molecule has 1 heterocycles. The molecule has 0 aliphatic carbocycles. The topological polar surface area (TPSA) is 17.8 Å². The van der Waals surface area contributed by atoms with Gasteiger partial charge in [-0.1, -0.05) is 152 Å². The first-order valence-corrected chi connectivity index (χ1v) is 15.3. The molecule has 0 N–H and O–H groups in total. The Morgan fingerprint density at radius 2 is 1.27 bits per heavy atom. The molecule has 0 bridgehead atoms. The number of hydrogen-bond acceptors (Lipinski definition) is 1. The summed E-state index contributed by atoms with van der Waals surface area (Å²) in [6, 6.07) is 22.3. The molecule has 37 heavy (non-hydrogen) atoms. The molecule has 0 amide bonds. The first kappa shape index (κ1) is 29.2. The summed E-state index contributed by atoms with van der Waals surface area (Å²) in [5.74, 6) is 1.66. The minimum Gasteiger partial charge on any atom is -0.335 e. The van der Waals surface area contributed by atoms with E-state index < -0.39 is 0 Å². The van der Waals surface area contributed by atoms with Gasteiger partial charge in [0.15, 0.2) is 0 Å². The van der Waals surface area contributed by atoms with Gasteiger partial charge in [0.25, 0.3) is 0 Å². The van der Waals surface area contributed by atoms with Crippen LogP contribution in [-0.4, -0.2) is 9.55 Å². The molecule has 2 heteroatoms. The largest absolute Gasteiger partial charge is 0.335 e. The van der Waals surface area contributed by atoms with Crippen molar-refractivity contribution in [3.63, 3.8) is 0 Å². The predicted octanol–water partition coefficient (Wildman–Crippen LogP) is 10.3. The van der Waals surface area contributed by atoms with Crippen molar-refractivity contribution in [2.45, 2.75) is 129 Å². The third-order valence-corrected chi connectivity index (χ3v) is 8.24. The Kier molecular flexibility index (Phi) is 13.0. The van der Waals surface area contributed by atoms with Crippen LogP contribution in [-0.2, 0) is 18.4 Å². The van der Waals surface area contributed by atoms with Crippen LogP contribution in [0.25, 0.3) is 0 Å². The number of aryl methyl sites for hydroxylation is 1. The molecule has 0 saturated heterocycles. The Labute approximate surface area is 227 Å². The van der Waals surface area contributed by atoms with E-state index in [2.05, 4.69) is 92.2 Å². The van der Waals surface area contributed by atoms with Gasteiger partial charge in [0, 0.05) is 30.3 Å². The van der Waals surface area contributed by atoms with E-state index in [1.807, 2.05) is 6.20 Å². The minimum atomic E-state index is -0.0159. The minimum absolute atomic E-state index is 0.0159. The van der Waals surface area contributed by atoms with E-state index in [4.69, 9.17) is 4.98 Å². The summed E-state index contributed by atoms with van der Waals surface area (Å²) in [6.07, 6.45) is 22.8. The quantitative estimate of drug-likeness (QED) is 0.150. The zero-order valence-electron chi connectivity index (χ0n) is 24.0. The Morgan fingerprint density at radius 3 is 1.86 bits per heavy atom. The van der Waals surface area contributed by atoms with Crippen LogP contribution in [0.3, 0.4) is 0 Å². The second-order valence-electron chi connectivity index (χ2n) is 11.3. The highest BCUT2D eigenvalue weighted by Gasteiger charge is 2.39. The fourth-order valence-electron chi connectivity index (χ4n) is 6.07. The van der Waals surface area contributed by atoms with Gasteiger partial charge in [-0.2, -0.15) is 0 Å². The van der Waals surface area contributed by atoms with E-state index in [1.54, 1.807) is 0 Å². The number of rotatable bonds is 19. The van der Waals surface area contributed by atoms with Gasteiger partial charge in [-0.15, -0.1) is 0 Å². The zero-order valence-corrected chi connectivity index (χ0v) is 24.0. The number of nitrogens with zero attached hydrogens (tertiary/aromatic N) is 2. The molecule has 0 saturated carbocycles. The number of benzene rings is 2. The third kappa shape index (κ3) is 9.16. The van der Waals surface area contributed by atoms with Crippen LogP contribution < -0.4 is 0 Å². The van der Waals surface area contributed by atoms with E-state index in [9.17, 15) is 0 Å². The molecule has 0 aliphatic heterocycles. The van der Waals surface area contributed by atoms with Crippen molar-refractivity contribution in [1.29, 1.82) is 0 Å². The summed E-state index contributed by atoms with van der Waals surface area (Å²) in [6.45, 7) is 8.10. The summed E-state index contributed by atoms with van der Waals surface area (Å²) < 4.78 is 2.43. The smallest absolute Gasteiger partial charge is 0.112 e. The van der Waals surface area contributed by atoms with Gasteiger partial charge in [-0.05, 0) is 30.4 Å². The highest BCUT2D eigenvalue weighted by atomic mass is 15.1. The summed E-state index contributed by atoms with van der Waals surface area (Å²) in [4.78, 5) is 5.00. The lowest BCUT2D eigenvalue weighted by Crippen LogP contribution is -2.35. The van der Waals surface area contributed by atoms with Crippen LogP contribution in [0.5, 0.6) is 0 Å². The van der Waals surface area contributed by atoms with Crippen LogP contribution in [0.4, 0.5) is 0 Å². The van der Waals surface area contributed by atoms with Crippen molar-refractivity contribution in [1.82, 2.24) is 9.55 Å². The van der Waals surface area contributed by atoms with Crippen molar-refractivity contribution in [3.8, 4) is 0 Å². The summed E-state index contributed by atoms with van der Waals surface area (Å²) in [5, 5.41) is 0. The van der Waals surface area contributed by atoms with Crippen LogP contribution in [0, 0.1) is 0 Å². The van der Waals surface area contributed by atoms with Gasteiger partial charge < -0.3 is 4.57 Å². The van der Waals surface area contributed by atoms with E-state index in [0.29, 0.717) is 5.92 Å². The average molecular weight is 501 g/mol. The molecule has 1 aromatic heterocycles. The Bertz CT molecular complexity index is 961. The molecule has 3 rings (SSSR count). The van der Waals surface area contributed by atoms with Crippen molar-refractivity contribution < 1.29 is 0 Å².